The number of rotatable bonds is 5. The summed E-state index contributed by atoms with van der Waals surface area (Å²) < 4.78 is 21.5. The number of ether oxygens (including phenoxy) is 1. The molecule has 0 fully saturated rings. The van der Waals surface area contributed by atoms with Crippen molar-refractivity contribution in [2.45, 2.75) is 26.3 Å². The lowest BCUT2D eigenvalue weighted by atomic mass is 9.65. The van der Waals surface area contributed by atoms with Crippen LogP contribution >= 0.6 is 0 Å². The largest absolute Gasteiger partial charge is 0.457 e. The average molecular weight is 401 g/mol. The molecule has 0 saturated heterocycles. The number of aromatic nitrogens is 3. The van der Waals surface area contributed by atoms with Crippen molar-refractivity contribution in [3.63, 3.8) is 0 Å². The van der Waals surface area contributed by atoms with Crippen LogP contribution in [0, 0.1) is 11.2 Å². The summed E-state index contributed by atoms with van der Waals surface area (Å²) in [6, 6.07) is 24.2. The zero-order chi connectivity index (χ0) is 21.2. The van der Waals surface area contributed by atoms with E-state index in [1.165, 1.54) is 18.5 Å². The van der Waals surface area contributed by atoms with Crippen LogP contribution in [0.2, 0.25) is 0 Å². The molecule has 0 N–H and O–H groups in total. The van der Waals surface area contributed by atoms with Crippen molar-refractivity contribution in [1.29, 1.82) is 0 Å². The maximum Gasteiger partial charge on any atom is 0.137 e. The third-order valence-electron chi connectivity index (χ3n) is 5.36. The van der Waals surface area contributed by atoms with E-state index in [1.807, 2.05) is 71.4 Å². The molecule has 4 nitrogen and oxygen atoms in total. The molecule has 0 aliphatic carbocycles. The summed E-state index contributed by atoms with van der Waals surface area (Å²) in [5.74, 6) is 1.25. The molecular formula is C25H24FN3O. The van der Waals surface area contributed by atoms with E-state index in [1.54, 1.807) is 6.33 Å². The number of hydrogen-bond donors (Lipinski definition) is 0. The lowest BCUT2D eigenvalue weighted by molar-refractivity contribution is 0.171. The van der Waals surface area contributed by atoms with E-state index in [0.717, 1.165) is 22.6 Å². The normalized spacial score (nSPS) is 13.6. The Morgan fingerprint density at radius 1 is 0.767 bits per heavy atom. The van der Waals surface area contributed by atoms with Gasteiger partial charge in [-0.15, -0.1) is 0 Å². The zero-order valence-electron chi connectivity index (χ0n) is 17.3. The van der Waals surface area contributed by atoms with Crippen molar-refractivity contribution in [1.82, 2.24) is 14.8 Å². The van der Waals surface area contributed by atoms with Gasteiger partial charge in [0.05, 0.1) is 0 Å². The van der Waals surface area contributed by atoms with Crippen molar-refractivity contribution < 1.29 is 9.13 Å². The molecule has 1 unspecified atom stereocenters. The third kappa shape index (κ3) is 3.47. The minimum atomic E-state index is -0.692. The molecule has 152 valence electrons. The highest BCUT2D eigenvalue weighted by Gasteiger charge is 2.47. The second-order valence-corrected chi connectivity index (χ2v) is 8.25. The second-order valence-electron chi connectivity index (χ2n) is 8.25. The van der Waals surface area contributed by atoms with Gasteiger partial charge in [-0.3, -0.25) is 0 Å². The Balaban J connectivity index is 1.85. The van der Waals surface area contributed by atoms with Gasteiger partial charge < -0.3 is 4.74 Å². The van der Waals surface area contributed by atoms with Crippen molar-refractivity contribution in [2.75, 3.05) is 0 Å². The molecule has 0 aliphatic heterocycles. The van der Waals surface area contributed by atoms with Crippen LogP contribution in [0.25, 0.3) is 0 Å². The number of para-hydroxylation sites is 1. The van der Waals surface area contributed by atoms with E-state index in [9.17, 15) is 4.39 Å². The average Bonchev–Trinajstić information content (AvgIpc) is 3.26. The molecule has 0 amide bonds. The molecule has 0 bridgehead atoms. The predicted octanol–water partition coefficient (Wildman–Crippen LogP) is 6.05. The second kappa shape index (κ2) is 7.75. The van der Waals surface area contributed by atoms with Gasteiger partial charge in [0.25, 0.3) is 0 Å². The van der Waals surface area contributed by atoms with E-state index < -0.39 is 5.54 Å². The van der Waals surface area contributed by atoms with Gasteiger partial charge in [0.2, 0.25) is 0 Å². The van der Waals surface area contributed by atoms with Crippen molar-refractivity contribution >= 4 is 0 Å². The molecule has 4 aromatic rings. The van der Waals surface area contributed by atoms with Gasteiger partial charge in [-0.25, -0.2) is 14.1 Å². The molecule has 0 spiro atoms. The van der Waals surface area contributed by atoms with Gasteiger partial charge in [-0.1, -0.05) is 63.2 Å². The molecule has 1 atom stereocenters. The number of benzene rings is 3. The van der Waals surface area contributed by atoms with Gasteiger partial charge in [0.15, 0.2) is 0 Å². The fourth-order valence-electron chi connectivity index (χ4n) is 4.10. The number of nitrogens with zero attached hydrogens (tertiary/aromatic N) is 3. The van der Waals surface area contributed by atoms with Crippen molar-refractivity contribution in [3.8, 4) is 11.5 Å². The highest BCUT2D eigenvalue weighted by atomic mass is 19.1. The summed E-state index contributed by atoms with van der Waals surface area (Å²) in [5.41, 5.74) is 0.939. The maximum absolute atomic E-state index is 13.7. The van der Waals surface area contributed by atoms with Gasteiger partial charge >= 0.3 is 0 Å². The van der Waals surface area contributed by atoms with E-state index >= 15 is 0 Å². The molecule has 1 aromatic heterocycles. The summed E-state index contributed by atoms with van der Waals surface area (Å²) in [6.07, 6.45) is 3.24. The fraction of sp³-hybridized carbons (Fsp3) is 0.200. The van der Waals surface area contributed by atoms with E-state index in [4.69, 9.17) is 4.74 Å². The summed E-state index contributed by atoms with van der Waals surface area (Å²) in [5, 5.41) is 4.50. The van der Waals surface area contributed by atoms with Crippen LogP contribution in [0.5, 0.6) is 11.5 Å². The zero-order valence-corrected chi connectivity index (χ0v) is 17.3. The summed E-state index contributed by atoms with van der Waals surface area (Å²) in [4.78, 5) is 4.20. The first-order valence-corrected chi connectivity index (χ1v) is 9.86. The van der Waals surface area contributed by atoms with Crippen LogP contribution in [-0.4, -0.2) is 14.8 Å². The monoisotopic (exact) mass is 401 g/mol. The molecule has 1 heterocycles. The lowest BCUT2D eigenvalue weighted by Crippen LogP contribution is -2.48. The van der Waals surface area contributed by atoms with Gasteiger partial charge in [0.1, 0.15) is 35.5 Å². The molecule has 30 heavy (non-hydrogen) atoms. The lowest BCUT2D eigenvalue weighted by Gasteiger charge is -2.45. The Hall–Kier alpha value is -3.47. The van der Waals surface area contributed by atoms with Gasteiger partial charge in [0, 0.05) is 0 Å². The molecule has 3 aromatic carbocycles. The van der Waals surface area contributed by atoms with Crippen LogP contribution in [0.3, 0.4) is 0 Å². The molecule has 4 rings (SSSR count). The molecule has 0 aliphatic rings. The van der Waals surface area contributed by atoms with E-state index in [-0.39, 0.29) is 11.2 Å². The van der Waals surface area contributed by atoms with Gasteiger partial charge in [-0.05, 0) is 52.9 Å². The molecule has 5 heteroatoms. The number of hydrogen-bond acceptors (Lipinski definition) is 3. The highest BCUT2D eigenvalue weighted by Crippen LogP contribution is 2.48. The first kappa shape index (κ1) is 19.8. The van der Waals surface area contributed by atoms with Crippen LogP contribution < -0.4 is 4.74 Å². The smallest absolute Gasteiger partial charge is 0.137 e. The van der Waals surface area contributed by atoms with Crippen LogP contribution in [0.4, 0.5) is 4.39 Å². The first-order chi connectivity index (χ1) is 14.4. The Labute approximate surface area is 176 Å². The quantitative estimate of drug-likeness (QED) is 0.409. The Kier molecular flexibility index (Phi) is 5.12. The Morgan fingerprint density at radius 3 is 1.87 bits per heavy atom. The Morgan fingerprint density at radius 2 is 1.33 bits per heavy atom. The predicted molar refractivity (Wildman–Crippen MR) is 115 cm³/mol. The van der Waals surface area contributed by atoms with E-state index in [0.29, 0.717) is 0 Å². The number of halogens is 1. The third-order valence-corrected chi connectivity index (χ3v) is 5.36. The standard InChI is InChI=1S/C25H24FN3O/c1-24(2,3)25(29-18-27-17-28-29,19-9-13-21(26)14-10-19)20-11-15-23(16-12-20)30-22-7-5-4-6-8-22/h4-18H,1-3H3. The highest BCUT2D eigenvalue weighted by molar-refractivity contribution is 5.44. The van der Waals surface area contributed by atoms with E-state index in [2.05, 4.69) is 30.9 Å². The van der Waals surface area contributed by atoms with Gasteiger partial charge in [-0.2, -0.15) is 5.10 Å². The van der Waals surface area contributed by atoms with Crippen LogP contribution in [0.15, 0.2) is 91.5 Å². The summed E-state index contributed by atoms with van der Waals surface area (Å²) >= 11 is 0. The molecular weight excluding hydrogens is 377 g/mol. The van der Waals surface area contributed by atoms with Crippen molar-refractivity contribution in [3.05, 3.63) is 108 Å². The molecule has 0 saturated carbocycles. The van der Waals surface area contributed by atoms with Crippen LogP contribution in [-0.2, 0) is 5.54 Å². The summed E-state index contributed by atoms with van der Waals surface area (Å²) in [7, 11) is 0. The fourth-order valence-corrected chi connectivity index (χ4v) is 4.10. The van der Waals surface area contributed by atoms with Crippen molar-refractivity contribution in [2.24, 2.45) is 5.41 Å². The SMILES string of the molecule is CC(C)(C)C(c1ccc(F)cc1)(c1ccc(Oc2ccccc2)cc1)n1cncn1. The Bertz CT molecular complexity index is 1090. The van der Waals surface area contributed by atoms with Crippen LogP contribution in [0.1, 0.15) is 31.9 Å². The summed E-state index contributed by atoms with van der Waals surface area (Å²) in [6.45, 7) is 6.44. The first-order valence-electron chi connectivity index (χ1n) is 9.86. The minimum Gasteiger partial charge on any atom is -0.457 e. The maximum atomic E-state index is 13.7. The minimum absolute atomic E-state index is 0.272. The topological polar surface area (TPSA) is 39.9 Å². The molecule has 0 radical (unpaired) electrons.